The SMILES string of the molecule is CCCCCCNC(=O)[C@H](CCC=O)NC. The number of likely N-dealkylation sites (N-methyl/N-ethyl adjacent to an activating group) is 1. The molecular formula is C12H24N2O2. The Morgan fingerprint density at radius 2 is 2.06 bits per heavy atom. The first kappa shape index (κ1) is 15.1. The number of carbonyl (C=O) groups is 2. The highest BCUT2D eigenvalue weighted by Crippen LogP contribution is 1.98. The Bertz CT molecular complexity index is 195. The standard InChI is InChI=1S/C12H24N2O2/c1-3-4-5-6-9-14-12(16)11(13-2)8-7-10-15/h10-11,13H,3-9H2,1-2H3,(H,14,16)/t11-/m0/s1. The highest BCUT2D eigenvalue weighted by molar-refractivity contribution is 5.81. The minimum Gasteiger partial charge on any atom is -0.355 e. The van der Waals surface area contributed by atoms with Gasteiger partial charge in [-0.05, 0) is 19.9 Å². The maximum atomic E-state index is 11.6. The number of amides is 1. The van der Waals surface area contributed by atoms with Gasteiger partial charge in [-0.2, -0.15) is 0 Å². The lowest BCUT2D eigenvalue weighted by Crippen LogP contribution is -2.42. The Hall–Kier alpha value is -0.900. The largest absolute Gasteiger partial charge is 0.355 e. The van der Waals surface area contributed by atoms with Crippen molar-refractivity contribution in [3.63, 3.8) is 0 Å². The topological polar surface area (TPSA) is 58.2 Å². The van der Waals surface area contributed by atoms with Gasteiger partial charge in [0.05, 0.1) is 6.04 Å². The fourth-order valence-electron chi connectivity index (χ4n) is 1.53. The maximum Gasteiger partial charge on any atom is 0.237 e. The van der Waals surface area contributed by atoms with E-state index in [-0.39, 0.29) is 11.9 Å². The third-order valence-corrected chi connectivity index (χ3v) is 2.57. The van der Waals surface area contributed by atoms with E-state index < -0.39 is 0 Å². The first-order chi connectivity index (χ1) is 7.76. The van der Waals surface area contributed by atoms with Crippen molar-refractivity contribution in [1.82, 2.24) is 10.6 Å². The van der Waals surface area contributed by atoms with Gasteiger partial charge < -0.3 is 15.4 Å². The first-order valence-corrected chi connectivity index (χ1v) is 6.14. The number of nitrogens with one attached hydrogen (secondary N) is 2. The van der Waals surface area contributed by atoms with Crippen molar-refractivity contribution in [3.05, 3.63) is 0 Å². The molecule has 0 aromatic carbocycles. The minimum atomic E-state index is -0.239. The van der Waals surface area contributed by atoms with Gasteiger partial charge in [0, 0.05) is 13.0 Å². The normalized spacial score (nSPS) is 12.1. The van der Waals surface area contributed by atoms with E-state index in [1.807, 2.05) is 0 Å². The van der Waals surface area contributed by atoms with E-state index >= 15 is 0 Å². The van der Waals surface area contributed by atoms with Crippen molar-refractivity contribution in [2.24, 2.45) is 0 Å². The van der Waals surface area contributed by atoms with E-state index in [9.17, 15) is 9.59 Å². The molecule has 0 rings (SSSR count). The van der Waals surface area contributed by atoms with Gasteiger partial charge in [0.1, 0.15) is 6.29 Å². The number of carbonyl (C=O) groups excluding carboxylic acids is 2. The smallest absolute Gasteiger partial charge is 0.237 e. The van der Waals surface area contributed by atoms with Crippen LogP contribution in [0.15, 0.2) is 0 Å². The fourth-order valence-corrected chi connectivity index (χ4v) is 1.53. The zero-order valence-corrected chi connectivity index (χ0v) is 10.4. The van der Waals surface area contributed by atoms with E-state index in [0.29, 0.717) is 12.8 Å². The summed E-state index contributed by atoms with van der Waals surface area (Å²) >= 11 is 0. The molecule has 0 fully saturated rings. The van der Waals surface area contributed by atoms with E-state index in [2.05, 4.69) is 17.6 Å². The zero-order chi connectivity index (χ0) is 12.2. The Morgan fingerprint density at radius 1 is 1.31 bits per heavy atom. The van der Waals surface area contributed by atoms with Crippen molar-refractivity contribution < 1.29 is 9.59 Å². The summed E-state index contributed by atoms with van der Waals surface area (Å²) < 4.78 is 0. The highest BCUT2D eigenvalue weighted by Gasteiger charge is 2.14. The van der Waals surface area contributed by atoms with Gasteiger partial charge in [0.25, 0.3) is 0 Å². The Kier molecular flexibility index (Phi) is 10.0. The van der Waals surface area contributed by atoms with Gasteiger partial charge in [-0.3, -0.25) is 4.79 Å². The number of hydrogen-bond donors (Lipinski definition) is 2. The van der Waals surface area contributed by atoms with Gasteiger partial charge in [-0.15, -0.1) is 0 Å². The van der Waals surface area contributed by atoms with Gasteiger partial charge in [0.2, 0.25) is 5.91 Å². The van der Waals surface area contributed by atoms with Gasteiger partial charge in [0.15, 0.2) is 0 Å². The van der Waals surface area contributed by atoms with E-state index in [1.165, 1.54) is 12.8 Å². The molecule has 0 saturated heterocycles. The number of unbranched alkanes of at least 4 members (excludes halogenated alkanes) is 3. The van der Waals surface area contributed by atoms with Crippen LogP contribution >= 0.6 is 0 Å². The average Bonchev–Trinajstić information content (AvgIpc) is 2.30. The quantitative estimate of drug-likeness (QED) is 0.437. The van der Waals surface area contributed by atoms with Crippen LogP contribution < -0.4 is 10.6 Å². The number of rotatable bonds is 10. The molecule has 94 valence electrons. The molecule has 0 radical (unpaired) electrons. The van der Waals surface area contributed by atoms with E-state index in [4.69, 9.17) is 0 Å². The molecule has 0 aliphatic heterocycles. The average molecular weight is 228 g/mol. The lowest BCUT2D eigenvalue weighted by Gasteiger charge is -2.14. The summed E-state index contributed by atoms with van der Waals surface area (Å²) in [7, 11) is 1.74. The van der Waals surface area contributed by atoms with Crippen molar-refractivity contribution in [2.75, 3.05) is 13.6 Å². The van der Waals surface area contributed by atoms with Crippen molar-refractivity contribution in [3.8, 4) is 0 Å². The molecule has 16 heavy (non-hydrogen) atoms. The van der Waals surface area contributed by atoms with E-state index in [0.717, 1.165) is 25.7 Å². The van der Waals surface area contributed by atoms with Gasteiger partial charge >= 0.3 is 0 Å². The Morgan fingerprint density at radius 3 is 2.62 bits per heavy atom. The monoisotopic (exact) mass is 228 g/mol. The number of aldehydes is 1. The maximum absolute atomic E-state index is 11.6. The molecular weight excluding hydrogens is 204 g/mol. The molecule has 0 heterocycles. The van der Waals surface area contributed by atoms with Crippen molar-refractivity contribution in [2.45, 2.75) is 51.5 Å². The summed E-state index contributed by atoms with van der Waals surface area (Å²) in [6.07, 6.45) is 6.45. The lowest BCUT2D eigenvalue weighted by molar-refractivity contribution is -0.123. The summed E-state index contributed by atoms with van der Waals surface area (Å²) in [4.78, 5) is 21.8. The van der Waals surface area contributed by atoms with Crippen LogP contribution in [0.2, 0.25) is 0 Å². The molecule has 1 amide bonds. The van der Waals surface area contributed by atoms with Crippen LogP contribution in [0, 0.1) is 0 Å². The van der Waals surface area contributed by atoms with Gasteiger partial charge in [-0.25, -0.2) is 0 Å². The number of hydrogen-bond acceptors (Lipinski definition) is 3. The molecule has 1 atom stereocenters. The first-order valence-electron chi connectivity index (χ1n) is 6.14. The highest BCUT2D eigenvalue weighted by atomic mass is 16.2. The molecule has 4 heteroatoms. The van der Waals surface area contributed by atoms with Crippen molar-refractivity contribution >= 4 is 12.2 Å². The molecule has 0 saturated carbocycles. The fraction of sp³-hybridized carbons (Fsp3) is 0.833. The Labute approximate surface area is 98.2 Å². The zero-order valence-electron chi connectivity index (χ0n) is 10.4. The second-order valence-corrected chi connectivity index (χ2v) is 3.94. The summed E-state index contributed by atoms with van der Waals surface area (Å²) in [5, 5.41) is 5.80. The predicted octanol–water partition coefficient (Wildman–Crippen LogP) is 1.25. The molecule has 2 N–H and O–H groups in total. The van der Waals surface area contributed by atoms with Crippen LogP contribution in [0.5, 0.6) is 0 Å². The van der Waals surface area contributed by atoms with Crippen LogP contribution in [0.3, 0.4) is 0 Å². The molecule has 0 aliphatic carbocycles. The summed E-state index contributed by atoms with van der Waals surface area (Å²) in [6.45, 7) is 2.90. The molecule has 0 aromatic heterocycles. The van der Waals surface area contributed by atoms with Crippen LogP contribution in [0.4, 0.5) is 0 Å². The third-order valence-electron chi connectivity index (χ3n) is 2.57. The van der Waals surface area contributed by atoms with Crippen LogP contribution in [-0.4, -0.2) is 31.8 Å². The minimum absolute atomic E-state index is 0.000786. The van der Waals surface area contributed by atoms with Gasteiger partial charge in [-0.1, -0.05) is 26.2 Å². The Balaban J connectivity index is 3.62. The third kappa shape index (κ3) is 7.40. The lowest BCUT2D eigenvalue weighted by atomic mass is 10.1. The predicted molar refractivity (Wildman–Crippen MR) is 65.3 cm³/mol. The molecule has 0 aromatic rings. The molecule has 0 bridgehead atoms. The van der Waals surface area contributed by atoms with Crippen LogP contribution in [-0.2, 0) is 9.59 Å². The van der Waals surface area contributed by atoms with Crippen LogP contribution in [0.1, 0.15) is 45.4 Å². The second-order valence-electron chi connectivity index (χ2n) is 3.94. The van der Waals surface area contributed by atoms with E-state index in [1.54, 1.807) is 7.05 Å². The molecule has 0 spiro atoms. The molecule has 0 unspecified atom stereocenters. The van der Waals surface area contributed by atoms with Crippen molar-refractivity contribution in [1.29, 1.82) is 0 Å². The second kappa shape index (κ2) is 10.6. The summed E-state index contributed by atoms with van der Waals surface area (Å²) in [5.41, 5.74) is 0. The van der Waals surface area contributed by atoms with Crippen LogP contribution in [0.25, 0.3) is 0 Å². The summed E-state index contributed by atoms with van der Waals surface area (Å²) in [6, 6.07) is -0.239. The molecule has 4 nitrogen and oxygen atoms in total. The molecule has 0 aliphatic rings. The summed E-state index contributed by atoms with van der Waals surface area (Å²) in [5.74, 6) is 0.000786.